The molecule has 1 N–H and O–H groups in total. The number of sulfonamides is 1. The minimum absolute atomic E-state index is 0.256. The molecule has 1 aromatic heterocycles. The summed E-state index contributed by atoms with van der Waals surface area (Å²) < 4.78 is 27.4. The van der Waals surface area contributed by atoms with Gasteiger partial charge in [0.1, 0.15) is 0 Å². The normalized spacial score (nSPS) is 17.6. The maximum atomic E-state index is 12.5. The van der Waals surface area contributed by atoms with E-state index >= 15 is 0 Å². The van der Waals surface area contributed by atoms with Crippen LogP contribution in [0.4, 0.5) is 0 Å². The van der Waals surface area contributed by atoms with Crippen molar-refractivity contribution in [1.82, 2.24) is 14.6 Å². The van der Waals surface area contributed by atoms with Crippen LogP contribution in [0.25, 0.3) is 11.3 Å². The van der Waals surface area contributed by atoms with Crippen molar-refractivity contribution in [2.45, 2.75) is 24.7 Å². The van der Waals surface area contributed by atoms with Crippen molar-refractivity contribution in [2.75, 3.05) is 20.1 Å². The van der Waals surface area contributed by atoms with E-state index in [0.717, 1.165) is 34.8 Å². The summed E-state index contributed by atoms with van der Waals surface area (Å²) in [6, 6.07) is 5.32. The van der Waals surface area contributed by atoms with Gasteiger partial charge in [0.25, 0.3) is 0 Å². The van der Waals surface area contributed by atoms with Crippen LogP contribution < -0.4 is 4.72 Å². The highest BCUT2D eigenvalue weighted by molar-refractivity contribution is 7.89. The number of likely N-dealkylation sites (tertiary alicyclic amines) is 1. The molecule has 3 rings (SSSR count). The lowest BCUT2D eigenvalue weighted by Crippen LogP contribution is -2.22. The first kappa shape index (κ1) is 17.9. The van der Waals surface area contributed by atoms with E-state index in [1.165, 1.54) is 7.05 Å². The lowest BCUT2D eigenvalue weighted by atomic mass is 9.94. The molecule has 1 aliphatic heterocycles. The molecule has 0 aliphatic carbocycles. The van der Waals surface area contributed by atoms with E-state index in [4.69, 9.17) is 5.26 Å². The summed E-state index contributed by atoms with van der Waals surface area (Å²) in [5.74, 6) is 0.256. The lowest BCUT2D eigenvalue weighted by molar-refractivity contribution is 0.452. The molecule has 6 nitrogen and oxygen atoms in total. The zero-order valence-electron chi connectivity index (χ0n) is 14.2. The van der Waals surface area contributed by atoms with Crippen LogP contribution >= 0.6 is 11.3 Å². The Labute approximate surface area is 152 Å². The van der Waals surface area contributed by atoms with Crippen molar-refractivity contribution in [1.29, 1.82) is 5.26 Å². The van der Waals surface area contributed by atoms with Crippen molar-refractivity contribution >= 4 is 21.4 Å². The summed E-state index contributed by atoms with van der Waals surface area (Å²) in [6.45, 7) is 3.33. The summed E-state index contributed by atoms with van der Waals surface area (Å²) in [5.41, 5.74) is 2.45. The van der Waals surface area contributed by atoms with Crippen LogP contribution in [0.5, 0.6) is 0 Å². The van der Waals surface area contributed by atoms with Gasteiger partial charge in [-0.3, -0.25) is 0 Å². The Morgan fingerprint density at radius 1 is 1.48 bits per heavy atom. The average molecular weight is 377 g/mol. The van der Waals surface area contributed by atoms with Gasteiger partial charge in [-0.15, -0.1) is 11.3 Å². The Morgan fingerprint density at radius 2 is 2.28 bits per heavy atom. The molecule has 1 unspecified atom stereocenters. The smallest absolute Gasteiger partial charge is 0.240 e. The molecule has 1 atom stereocenters. The maximum absolute atomic E-state index is 12.5. The Bertz CT molecular complexity index is 915. The first-order chi connectivity index (χ1) is 11.9. The van der Waals surface area contributed by atoms with Gasteiger partial charge in [-0.05, 0) is 44.4 Å². The highest BCUT2D eigenvalue weighted by atomic mass is 32.2. The fraction of sp³-hybridized carbons (Fsp3) is 0.412. The van der Waals surface area contributed by atoms with Crippen LogP contribution in [-0.2, 0) is 16.4 Å². The predicted octanol–water partition coefficient (Wildman–Crippen LogP) is 2.37. The second kappa shape index (κ2) is 7.12. The third kappa shape index (κ3) is 3.68. The number of hydrogen-bond acceptors (Lipinski definition) is 6. The molecule has 1 saturated heterocycles. The summed E-state index contributed by atoms with van der Waals surface area (Å²) in [5, 5.41) is 12.0. The van der Waals surface area contributed by atoms with E-state index in [1.54, 1.807) is 28.4 Å². The Morgan fingerprint density at radius 3 is 2.88 bits per heavy atom. The number of rotatable bonds is 5. The zero-order valence-corrected chi connectivity index (χ0v) is 15.8. The second-order valence-electron chi connectivity index (χ2n) is 6.15. The Kier molecular flexibility index (Phi) is 5.08. The van der Waals surface area contributed by atoms with E-state index in [1.807, 2.05) is 18.4 Å². The molecule has 0 spiro atoms. The van der Waals surface area contributed by atoms with Crippen LogP contribution in [0.15, 0.2) is 28.5 Å². The summed E-state index contributed by atoms with van der Waals surface area (Å²) in [6.07, 6.45) is 3.68. The molecular weight excluding hydrogens is 356 g/mol. The summed E-state index contributed by atoms with van der Waals surface area (Å²) in [4.78, 5) is 6.57. The van der Waals surface area contributed by atoms with Crippen molar-refractivity contribution in [3.05, 3.63) is 34.2 Å². The van der Waals surface area contributed by atoms with Gasteiger partial charge in [-0.25, -0.2) is 18.1 Å². The fourth-order valence-electron chi connectivity index (χ4n) is 3.24. The van der Waals surface area contributed by atoms with Gasteiger partial charge >= 0.3 is 0 Å². The van der Waals surface area contributed by atoms with E-state index < -0.39 is 10.0 Å². The first-order valence-electron chi connectivity index (χ1n) is 8.07. The second-order valence-corrected chi connectivity index (χ2v) is 9.06. The first-order valence-corrected chi connectivity index (χ1v) is 10.4. The largest absolute Gasteiger partial charge is 0.310 e. The molecule has 1 fully saturated rings. The van der Waals surface area contributed by atoms with Crippen molar-refractivity contribution in [2.24, 2.45) is 5.92 Å². The number of aryl methyl sites for hydroxylation is 1. The van der Waals surface area contributed by atoms with Crippen LogP contribution in [0, 0.1) is 24.3 Å². The van der Waals surface area contributed by atoms with E-state index in [9.17, 15) is 8.42 Å². The summed E-state index contributed by atoms with van der Waals surface area (Å²) >= 11 is 1.55. The van der Waals surface area contributed by atoms with Gasteiger partial charge < -0.3 is 4.90 Å². The number of nitriles is 1. The van der Waals surface area contributed by atoms with Crippen LogP contribution in [0.2, 0.25) is 0 Å². The molecule has 0 radical (unpaired) electrons. The molecule has 1 aliphatic rings. The topological polar surface area (TPSA) is 86.1 Å². The van der Waals surface area contributed by atoms with Gasteiger partial charge in [0.2, 0.25) is 10.0 Å². The van der Waals surface area contributed by atoms with Crippen LogP contribution in [0.3, 0.4) is 0 Å². The molecule has 25 heavy (non-hydrogen) atoms. The van der Waals surface area contributed by atoms with Gasteiger partial charge in [0, 0.05) is 24.0 Å². The molecule has 2 aromatic rings. The Hall–Kier alpha value is -1.95. The van der Waals surface area contributed by atoms with E-state index in [-0.39, 0.29) is 5.92 Å². The molecule has 132 valence electrons. The highest BCUT2D eigenvalue weighted by Gasteiger charge is 2.27. The third-order valence-electron chi connectivity index (χ3n) is 4.51. The quantitative estimate of drug-likeness (QED) is 0.810. The molecule has 0 saturated carbocycles. The van der Waals surface area contributed by atoms with Crippen LogP contribution in [0.1, 0.15) is 17.0 Å². The highest BCUT2D eigenvalue weighted by Crippen LogP contribution is 2.33. The molecule has 0 bridgehead atoms. The number of thiazole rings is 1. The summed E-state index contributed by atoms with van der Waals surface area (Å²) in [7, 11) is -2.14. The number of aromatic nitrogens is 1. The SMILES string of the molecule is CNS(=O)(=O)c1cccc(-c2csc(C)n2)c1CC1CCN(C#N)C1. The van der Waals surface area contributed by atoms with Gasteiger partial charge in [0.05, 0.1) is 15.6 Å². The standard InChI is InChI=1S/C17H20N4O2S2/c1-12-20-16(10-24-12)14-4-3-5-17(25(22,23)19-2)15(14)8-13-6-7-21(9-13)11-18/h3-5,10,13,19H,6-9H2,1-2H3. The van der Waals surface area contributed by atoms with Crippen LogP contribution in [-0.4, -0.2) is 38.4 Å². The minimum Gasteiger partial charge on any atom is -0.310 e. The number of benzene rings is 1. The van der Waals surface area contributed by atoms with E-state index in [0.29, 0.717) is 17.9 Å². The lowest BCUT2D eigenvalue weighted by Gasteiger charge is -2.17. The van der Waals surface area contributed by atoms with Gasteiger partial charge in [-0.1, -0.05) is 12.1 Å². The van der Waals surface area contributed by atoms with Crippen molar-refractivity contribution < 1.29 is 8.42 Å². The predicted molar refractivity (Wildman–Crippen MR) is 97.5 cm³/mol. The van der Waals surface area contributed by atoms with Crippen molar-refractivity contribution in [3.63, 3.8) is 0 Å². The number of nitrogens with zero attached hydrogens (tertiary/aromatic N) is 3. The minimum atomic E-state index is -3.57. The molecule has 0 amide bonds. The number of nitrogens with one attached hydrogen (secondary N) is 1. The molecule has 8 heteroatoms. The monoisotopic (exact) mass is 376 g/mol. The molecule has 2 heterocycles. The van der Waals surface area contributed by atoms with Crippen molar-refractivity contribution in [3.8, 4) is 17.5 Å². The maximum Gasteiger partial charge on any atom is 0.240 e. The average Bonchev–Trinajstić information content (AvgIpc) is 3.23. The molecular formula is C17H20N4O2S2. The van der Waals surface area contributed by atoms with Gasteiger partial charge in [0.15, 0.2) is 6.19 Å². The van der Waals surface area contributed by atoms with Gasteiger partial charge in [-0.2, -0.15) is 5.26 Å². The molecule has 1 aromatic carbocycles. The fourth-order valence-corrected chi connectivity index (χ4v) is 4.85. The zero-order chi connectivity index (χ0) is 18.0. The number of hydrogen-bond donors (Lipinski definition) is 1. The third-order valence-corrected chi connectivity index (χ3v) is 6.78. The van der Waals surface area contributed by atoms with E-state index in [2.05, 4.69) is 15.9 Å². The Balaban J connectivity index is 2.07.